The summed E-state index contributed by atoms with van der Waals surface area (Å²) in [6.45, 7) is 3.71. The van der Waals surface area contributed by atoms with Gasteiger partial charge >= 0.3 is 0 Å². The van der Waals surface area contributed by atoms with Crippen molar-refractivity contribution in [1.82, 2.24) is 14.8 Å². The number of hydrogen-bond acceptors (Lipinski definition) is 3. The first-order valence-electron chi connectivity index (χ1n) is 9.88. The molecular formula is C22H30N4O2. The van der Waals surface area contributed by atoms with Crippen LogP contribution in [0.5, 0.6) is 0 Å². The minimum Gasteiger partial charge on any atom is -0.379 e. The van der Waals surface area contributed by atoms with Crippen molar-refractivity contribution in [3.8, 4) is 0 Å². The molecule has 0 atom stereocenters. The molecule has 0 amide bonds. The molecule has 1 aliphatic rings. The van der Waals surface area contributed by atoms with Crippen molar-refractivity contribution in [2.75, 3.05) is 33.9 Å². The molecule has 1 aromatic carbocycles. The van der Waals surface area contributed by atoms with Gasteiger partial charge in [-0.05, 0) is 36.0 Å². The lowest BCUT2D eigenvalue weighted by molar-refractivity contribution is 0.115. The molecule has 0 radical (unpaired) electrons. The second-order valence-corrected chi connectivity index (χ2v) is 7.32. The Labute approximate surface area is 166 Å². The van der Waals surface area contributed by atoms with Crippen molar-refractivity contribution in [2.24, 2.45) is 10.9 Å². The number of hydrogen-bond donors (Lipinski definition) is 1. The van der Waals surface area contributed by atoms with Crippen LogP contribution < -0.4 is 10.9 Å². The summed E-state index contributed by atoms with van der Waals surface area (Å²) in [5.74, 6) is 1.65. The number of likely N-dealkylation sites (N-methyl/N-ethyl adjacent to an activating group) is 1. The van der Waals surface area contributed by atoms with Crippen LogP contribution in [0.25, 0.3) is 0 Å². The number of aromatic nitrogens is 1. The summed E-state index contributed by atoms with van der Waals surface area (Å²) in [7, 11) is 3.82. The number of rotatable bonds is 9. The summed E-state index contributed by atoms with van der Waals surface area (Å²) < 4.78 is 7.41. The monoisotopic (exact) mass is 382 g/mol. The van der Waals surface area contributed by atoms with Crippen molar-refractivity contribution in [2.45, 2.75) is 25.9 Å². The van der Waals surface area contributed by atoms with Crippen molar-refractivity contribution in [1.29, 1.82) is 0 Å². The minimum atomic E-state index is 0.0150. The molecule has 28 heavy (non-hydrogen) atoms. The van der Waals surface area contributed by atoms with Crippen LogP contribution in [0.3, 0.4) is 0 Å². The molecule has 2 aromatic rings. The van der Waals surface area contributed by atoms with Crippen LogP contribution >= 0.6 is 0 Å². The summed E-state index contributed by atoms with van der Waals surface area (Å²) in [5.41, 5.74) is 2.29. The van der Waals surface area contributed by atoms with Gasteiger partial charge in [0.15, 0.2) is 5.96 Å². The van der Waals surface area contributed by atoms with E-state index < -0.39 is 0 Å². The quantitative estimate of drug-likeness (QED) is 0.411. The zero-order valence-corrected chi connectivity index (χ0v) is 16.8. The molecular weight excluding hydrogens is 352 g/mol. The Morgan fingerprint density at radius 3 is 2.64 bits per heavy atom. The number of nitrogens with zero attached hydrogens (tertiary/aromatic N) is 3. The van der Waals surface area contributed by atoms with E-state index in [0.29, 0.717) is 13.1 Å². The Kier molecular flexibility index (Phi) is 7.25. The van der Waals surface area contributed by atoms with E-state index in [1.807, 2.05) is 19.3 Å². The Balaban J connectivity index is 1.44. The number of nitrogens with one attached hydrogen (secondary N) is 1. The van der Waals surface area contributed by atoms with Crippen molar-refractivity contribution in [3.63, 3.8) is 0 Å². The van der Waals surface area contributed by atoms with Gasteiger partial charge in [0.1, 0.15) is 0 Å². The van der Waals surface area contributed by atoms with Crippen LogP contribution in [0.4, 0.5) is 0 Å². The topological polar surface area (TPSA) is 58.9 Å². The second-order valence-electron chi connectivity index (χ2n) is 7.32. The van der Waals surface area contributed by atoms with E-state index in [-0.39, 0.29) is 5.56 Å². The Bertz CT molecular complexity index is 825. The van der Waals surface area contributed by atoms with Gasteiger partial charge in [0.05, 0.1) is 13.2 Å². The Morgan fingerprint density at radius 1 is 1.21 bits per heavy atom. The highest BCUT2D eigenvalue weighted by molar-refractivity contribution is 5.79. The van der Waals surface area contributed by atoms with Gasteiger partial charge in [-0.25, -0.2) is 0 Å². The van der Waals surface area contributed by atoms with E-state index in [0.717, 1.165) is 37.2 Å². The van der Waals surface area contributed by atoms with E-state index in [2.05, 4.69) is 39.5 Å². The average Bonchev–Trinajstić information content (AvgIpc) is 3.53. The predicted molar refractivity (Wildman–Crippen MR) is 113 cm³/mol. The summed E-state index contributed by atoms with van der Waals surface area (Å²) in [4.78, 5) is 18.3. The van der Waals surface area contributed by atoms with Gasteiger partial charge in [0.2, 0.25) is 0 Å². The third-order valence-electron chi connectivity index (χ3n) is 4.92. The second kappa shape index (κ2) is 10.1. The fraction of sp³-hybridized carbons (Fsp3) is 0.455. The highest BCUT2D eigenvalue weighted by Gasteiger charge is 2.21. The van der Waals surface area contributed by atoms with Crippen molar-refractivity contribution >= 4 is 5.96 Å². The maximum atomic E-state index is 11.8. The molecule has 150 valence electrons. The van der Waals surface area contributed by atoms with Crippen LogP contribution in [-0.4, -0.2) is 49.3 Å². The van der Waals surface area contributed by atoms with Crippen LogP contribution in [0.1, 0.15) is 24.0 Å². The molecule has 1 saturated carbocycles. The Hall–Kier alpha value is -2.60. The molecule has 0 spiro atoms. The fourth-order valence-corrected chi connectivity index (χ4v) is 2.96. The van der Waals surface area contributed by atoms with Crippen molar-refractivity contribution < 1.29 is 4.74 Å². The zero-order chi connectivity index (χ0) is 19.8. The third-order valence-corrected chi connectivity index (χ3v) is 4.92. The number of benzene rings is 1. The first kappa shape index (κ1) is 20.1. The third kappa shape index (κ3) is 6.23. The van der Waals surface area contributed by atoms with Gasteiger partial charge in [-0.2, -0.15) is 0 Å². The van der Waals surface area contributed by atoms with Crippen LogP contribution in [0.2, 0.25) is 0 Å². The van der Waals surface area contributed by atoms with Gasteiger partial charge in [0.25, 0.3) is 5.56 Å². The van der Waals surface area contributed by atoms with Gasteiger partial charge in [0, 0.05) is 46.1 Å². The van der Waals surface area contributed by atoms with E-state index in [1.165, 1.54) is 18.4 Å². The smallest absolute Gasteiger partial charge is 0.250 e. The van der Waals surface area contributed by atoms with Crippen molar-refractivity contribution in [3.05, 3.63) is 70.1 Å². The van der Waals surface area contributed by atoms with Gasteiger partial charge in [-0.1, -0.05) is 30.3 Å². The number of guanidine groups is 1. The maximum Gasteiger partial charge on any atom is 0.250 e. The summed E-state index contributed by atoms with van der Waals surface area (Å²) in [5, 5.41) is 3.39. The van der Waals surface area contributed by atoms with Gasteiger partial charge < -0.3 is 19.5 Å². The normalized spacial score (nSPS) is 14.1. The molecule has 1 aromatic heterocycles. The SMILES string of the molecule is CN=C(NCc1ccc(Cn2ccccc2=O)cc1)N(C)CCOCC1CC1. The molecule has 1 heterocycles. The van der Waals surface area contributed by atoms with Crippen LogP contribution in [0.15, 0.2) is 58.4 Å². The fourth-order valence-electron chi connectivity index (χ4n) is 2.96. The standard InChI is InChI=1S/C22H30N4O2/c1-23-22(25(2)13-14-28-17-20-10-11-20)24-15-18-6-8-19(9-7-18)16-26-12-4-3-5-21(26)27/h3-9,12,20H,10-11,13-17H2,1-2H3,(H,23,24). The molecule has 1 aliphatic carbocycles. The first-order chi connectivity index (χ1) is 13.7. The lowest BCUT2D eigenvalue weighted by atomic mass is 10.1. The molecule has 0 bridgehead atoms. The predicted octanol–water partition coefficient (Wildman–Crippen LogP) is 2.33. The van der Waals surface area contributed by atoms with E-state index >= 15 is 0 Å². The molecule has 6 heteroatoms. The first-order valence-corrected chi connectivity index (χ1v) is 9.88. The molecule has 1 fully saturated rings. The Morgan fingerprint density at radius 2 is 1.96 bits per heavy atom. The molecule has 3 rings (SSSR count). The molecule has 0 saturated heterocycles. The number of aliphatic imine (C=N–C) groups is 1. The van der Waals surface area contributed by atoms with Gasteiger partial charge in [-0.15, -0.1) is 0 Å². The molecule has 6 nitrogen and oxygen atoms in total. The lowest BCUT2D eigenvalue weighted by Gasteiger charge is -2.22. The van der Waals surface area contributed by atoms with Crippen LogP contribution in [-0.2, 0) is 17.8 Å². The highest BCUT2D eigenvalue weighted by Crippen LogP contribution is 2.28. The minimum absolute atomic E-state index is 0.0150. The molecule has 0 unspecified atom stereocenters. The number of ether oxygens (including phenoxy) is 1. The largest absolute Gasteiger partial charge is 0.379 e. The van der Waals surface area contributed by atoms with Gasteiger partial charge in [-0.3, -0.25) is 9.79 Å². The van der Waals surface area contributed by atoms with E-state index in [4.69, 9.17) is 4.74 Å². The van der Waals surface area contributed by atoms with Crippen LogP contribution in [0, 0.1) is 5.92 Å². The maximum absolute atomic E-state index is 11.8. The average molecular weight is 383 g/mol. The summed E-state index contributed by atoms with van der Waals surface area (Å²) in [6.07, 6.45) is 4.45. The molecule has 1 N–H and O–H groups in total. The number of pyridine rings is 1. The zero-order valence-electron chi connectivity index (χ0n) is 16.8. The van der Waals surface area contributed by atoms with E-state index in [9.17, 15) is 4.79 Å². The van der Waals surface area contributed by atoms with E-state index in [1.54, 1.807) is 23.7 Å². The summed E-state index contributed by atoms with van der Waals surface area (Å²) in [6, 6.07) is 13.5. The summed E-state index contributed by atoms with van der Waals surface area (Å²) >= 11 is 0. The molecule has 0 aliphatic heterocycles. The highest BCUT2D eigenvalue weighted by atomic mass is 16.5. The lowest BCUT2D eigenvalue weighted by Crippen LogP contribution is -2.40.